The van der Waals surface area contributed by atoms with Gasteiger partial charge in [0.05, 0.1) is 13.2 Å². The second kappa shape index (κ2) is 6.09. The molecule has 0 rings (SSSR count). The number of aliphatic hydroxyl groups is 1. The zero-order valence-electron chi connectivity index (χ0n) is 6.32. The number of hydrogen-bond acceptors (Lipinski definition) is 4. The van der Waals surface area contributed by atoms with Crippen molar-refractivity contribution in [3.8, 4) is 0 Å². The fourth-order valence-corrected chi connectivity index (χ4v) is 0.523. The Labute approximate surface area is 64.5 Å². The first kappa shape index (κ1) is 10.3. The summed E-state index contributed by atoms with van der Waals surface area (Å²) >= 11 is 0. The van der Waals surface area contributed by atoms with Crippen molar-refractivity contribution in [2.75, 3.05) is 26.9 Å². The molecule has 5 nitrogen and oxygen atoms in total. The van der Waals surface area contributed by atoms with Crippen LogP contribution >= 0.6 is 0 Å². The van der Waals surface area contributed by atoms with E-state index in [1.165, 1.54) is 7.11 Å². The summed E-state index contributed by atoms with van der Waals surface area (Å²) in [5.41, 5.74) is 0. The Balaban J connectivity index is 3.16. The first-order chi connectivity index (χ1) is 5.16. The van der Waals surface area contributed by atoms with E-state index >= 15 is 0 Å². The van der Waals surface area contributed by atoms with Gasteiger partial charge in [0.1, 0.15) is 12.7 Å². The lowest BCUT2D eigenvalue weighted by Gasteiger charge is -2.07. The van der Waals surface area contributed by atoms with E-state index in [9.17, 15) is 4.79 Å². The van der Waals surface area contributed by atoms with Crippen LogP contribution in [0.2, 0.25) is 0 Å². The summed E-state index contributed by atoms with van der Waals surface area (Å²) in [4.78, 5) is 9.90. The Hall–Kier alpha value is -0.650. The number of aliphatic carboxylic acids is 1. The van der Waals surface area contributed by atoms with Gasteiger partial charge < -0.3 is 19.7 Å². The maximum absolute atomic E-state index is 9.90. The molecule has 0 saturated heterocycles. The van der Waals surface area contributed by atoms with Gasteiger partial charge in [0.15, 0.2) is 0 Å². The summed E-state index contributed by atoms with van der Waals surface area (Å²) in [7, 11) is 1.44. The minimum atomic E-state index is -1.05. The topological polar surface area (TPSA) is 76.0 Å². The highest BCUT2D eigenvalue weighted by molar-refractivity contribution is 5.67. The van der Waals surface area contributed by atoms with Crippen molar-refractivity contribution in [1.82, 2.24) is 0 Å². The van der Waals surface area contributed by atoms with E-state index in [1.54, 1.807) is 0 Å². The monoisotopic (exact) mass is 164 g/mol. The number of carbonyl (C=O) groups is 1. The Morgan fingerprint density at radius 2 is 2.18 bits per heavy atom. The van der Waals surface area contributed by atoms with Crippen molar-refractivity contribution in [3.05, 3.63) is 0 Å². The fourth-order valence-electron chi connectivity index (χ4n) is 0.523. The summed E-state index contributed by atoms with van der Waals surface area (Å²) in [6, 6.07) is 0. The van der Waals surface area contributed by atoms with Crippen molar-refractivity contribution in [2.24, 2.45) is 0 Å². The summed E-state index contributed by atoms with van der Waals surface area (Å²) in [6.45, 7) is -0.249. The molecule has 0 aliphatic heterocycles. The third-order valence-corrected chi connectivity index (χ3v) is 0.895. The Kier molecular flexibility index (Phi) is 5.73. The average molecular weight is 164 g/mol. The zero-order valence-corrected chi connectivity index (χ0v) is 6.32. The molecule has 5 heteroatoms. The number of aliphatic hydroxyl groups excluding tert-OH is 1. The lowest BCUT2D eigenvalue weighted by Crippen LogP contribution is -2.22. The molecule has 0 radical (unpaired) electrons. The van der Waals surface area contributed by atoms with Gasteiger partial charge in [-0.25, -0.2) is 4.79 Å². The van der Waals surface area contributed by atoms with E-state index in [2.05, 4.69) is 9.47 Å². The quantitative estimate of drug-likeness (QED) is 0.531. The number of rotatable bonds is 6. The van der Waals surface area contributed by atoms with Crippen molar-refractivity contribution in [3.63, 3.8) is 0 Å². The predicted molar refractivity (Wildman–Crippen MR) is 36.3 cm³/mol. The number of methoxy groups -OCH3 is 1. The van der Waals surface area contributed by atoms with E-state index in [1.807, 2.05) is 0 Å². The molecule has 0 aliphatic rings. The van der Waals surface area contributed by atoms with Gasteiger partial charge in [-0.1, -0.05) is 0 Å². The second-order valence-electron chi connectivity index (χ2n) is 2.02. The highest BCUT2D eigenvalue weighted by Crippen LogP contribution is 1.85. The third-order valence-electron chi connectivity index (χ3n) is 0.895. The molecule has 11 heavy (non-hydrogen) atoms. The molecule has 1 unspecified atom stereocenters. The fraction of sp³-hybridized carbons (Fsp3) is 0.833. The summed E-state index contributed by atoms with van der Waals surface area (Å²) in [5.74, 6) is -1.05. The average Bonchev–Trinajstić information content (AvgIpc) is 1.87. The van der Waals surface area contributed by atoms with Crippen molar-refractivity contribution in [1.29, 1.82) is 0 Å². The molecule has 0 amide bonds. The van der Waals surface area contributed by atoms with Crippen LogP contribution in [0.4, 0.5) is 0 Å². The van der Waals surface area contributed by atoms with Crippen LogP contribution in [0.25, 0.3) is 0 Å². The van der Waals surface area contributed by atoms with Gasteiger partial charge in [-0.05, 0) is 0 Å². The lowest BCUT2D eigenvalue weighted by atomic mass is 10.4. The molecule has 0 aliphatic carbocycles. The van der Waals surface area contributed by atoms with Crippen LogP contribution in [0.15, 0.2) is 0 Å². The maximum Gasteiger partial charge on any atom is 0.329 e. The molecule has 2 N–H and O–H groups in total. The van der Waals surface area contributed by atoms with Crippen LogP contribution in [-0.2, 0) is 14.3 Å². The zero-order chi connectivity index (χ0) is 8.69. The molecular formula is C6H12O5. The SMILES string of the molecule is COCC(O)COCC(=O)O. The Morgan fingerprint density at radius 1 is 1.55 bits per heavy atom. The molecular weight excluding hydrogens is 152 g/mol. The highest BCUT2D eigenvalue weighted by atomic mass is 16.5. The number of carboxylic acids is 1. The standard InChI is InChI=1S/C6H12O5/c1-10-2-5(7)3-11-4-6(8)9/h5,7H,2-4H2,1H3,(H,8,9). The molecule has 0 aromatic rings. The summed E-state index contributed by atoms with van der Waals surface area (Å²) in [6.07, 6.45) is -0.751. The molecule has 66 valence electrons. The van der Waals surface area contributed by atoms with Crippen molar-refractivity contribution in [2.45, 2.75) is 6.10 Å². The molecule has 0 aromatic carbocycles. The normalized spacial score (nSPS) is 12.9. The van der Waals surface area contributed by atoms with Gasteiger partial charge >= 0.3 is 5.97 Å². The smallest absolute Gasteiger partial charge is 0.329 e. The van der Waals surface area contributed by atoms with Crippen LogP contribution in [0.3, 0.4) is 0 Å². The first-order valence-corrected chi connectivity index (χ1v) is 3.13. The minimum Gasteiger partial charge on any atom is -0.480 e. The number of hydrogen-bond donors (Lipinski definition) is 2. The molecule has 0 fully saturated rings. The summed E-state index contributed by atoms with van der Waals surface area (Å²) < 4.78 is 9.16. The molecule has 0 saturated carbocycles. The van der Waals surface area contributed by atoms with Crippen LogP contribution < -0.4 is 0 Å². The van der Waals surface area contributed by atoms with E-state index in [0.717, 1.165) is 0 Å². The van der Waals surface area contributed by atoms with Gasteiger partial charge in [-0.15, -0.1) is 0 Å². The van der Waals surface area contributed by atoms with Crippen molar-refractivity contribution >= 4 is 5.97 Å². The predicted octanol–water partition coefficient (Wildman–Crippen LogP) is -0.905. The van der Waals surface area contributed by atoms with Crippen LogP contribution in [0.1, 0.15) is 0 Å². The van der Waals surface area contributed by atoms with Gasteiger partial charge in [-0.2, -0.15) is 0 Å². The van der Waals surface area contributed by atoms with E-state index in [-0.39, 0.29) is 19.8 Å². The number of ether oxygens (including phenoxy) is 2. The molecule has 0 aromatic heterocycles. The maximum atomic E-state index is 9.90. The van der Waals surface area contributed by atoms with E-state index in [0.29, 0.717) is 0 Å². The number of carboxylic acid groups (broad SMARTS) is 1. The first-order valence-electron chi connectivity index (χ1n) is 3.13. The van der Waals surface area contributed by atoms with Gasteiger partial charge in [0.2, 0.25) is 0 Å². The molecule has 0 heterocycles. The Bertz CT molecular complexity index is 114. The highest BCUT2D eigenvalue weighted by Gasteiger charge is 2.04. The van der Waals surface area contributed by atoms with Gasteiger partial charge in [0.25, 0.3) is 0 Å². The minimum absolute atomic E-state index is 0.0137. The van der Waals surface area contributed by atoms with Gasteiger partial charge in [0, 0.05) is 7.11 Å². The summed E-state index contributed by atoms with van der Waals surface area (Å²) in [5, 5.41) is 17.0. The second-order valence-corrected chi connectivity index (χ2v) is 2.02. The molecule has 1 atom stereocenters. The Morgan fingerprint density at radius 3 is 2.64 bits per heavy atom. The van der Waals surface area contributed by atoms with Crippen LogP contribution in [-0.4, -0.2) is 49.2 Å². The lowest BCUT2D eigenvalue weighted by molar-refractivity contribution is -0.143. The molecule has 0 bridgehead atoms. The van der Waals surface area contributed by atoms with Crippen LogP contribution in [0.5, 0.6) is 0 Å². The third kappa shape index (κ3) is 7.24. The van der Waals surface area contributed by atoms with E-state index in [4.69, 9.17) is 10.2 Å². The van der Waals surface area contributed by atoms with E-state index < -0.39 is 12.1 Å². The largest absolute Gasteiger partial charge is 0.480 e. The van der Waals surface area contributed by atoms with Crippen molar-refractivity contribution < 1.29 is 24.5 Å². The van der Waals surface area contributed by atoms with Gasteiger partial charge in [-0.3, -0.25) is 0 Å². The van der Waals surface area contributed by atoms with Crippen LogP contribution in [0, 0.1) is 0 Å². The molecule has 0 spiro atoms.